The summed E-state index contributed by atoms with van der Waals surface area (Å²) in [5, 5.41) is 8.87. The van der Waals surface area contributed by atoms with Gasteiger partial charge in [-0.3, -0.25) is 0 Å². The Morgan fingerprint density at radius 2 is 1.62 bits per heavy atom. The second kappa shape index (κ2) is 3.28. The van der Waals surface area contributed by atoms with Gasteiger partial charge in [-0.25, -0.2) is 0 Å². The van der Waals surface area contributed by atoms with Crippen LogP contribution in [-0.2, 0) is 0 Å². The van der Waals surface area contributed by atoms with Gasteiger partial charge in [0.05, 0.1) is 0 Å². The van der Waals surface area contributed by atoms with Gasteiger partial charge in [-0.05, 0) is 12.8 Å². The molecule has 0 aliphatic rings. The van der Waals surface area contributed by atoms with Crippen LogP contribution >= 0.6 is 12.4 Å². The Hall–Kier alpha value is 0.210. The zero-order valence-electron chi connectivity index (χ0n) is 5.51. The minimum absolute atomic E-state index is 0. The largest absolute Gasteiger partial charge is 0.376 e. The summed E-state index contributed by atoms with van der Waals surface area (Å²) in [5.74, 6) is 0.132. The van der Waals surface area contributed by atoms with Crippen molar-refractivity contribution in [1.82, 2.24) is 0 Å². The lowest BCUT2D eigenvalue weighted by atomic mass is 10.0. The van der Waals surface area contributed by atoms with E-state index >= 15 is 0 Å². The Balaban J connectivity index is 0. The molecule has 0 amide bonds. The zero-order valence-corrected chi connectivity index (χ0v) is 6.33. The topological polar surface area (TPSA) is 46.2 Å². The van der Waals surface area contributed by atoms with Crippen molar-refractivity contribution in [1.29, 1.82) is 0 Å². The van der Waals surface area contributed by atoms with Crippen LogP contribution in [0.4, 0.5) is 0 Å². The molecule has 3 N–H and O–H groups in total. The minimum Gasteiger partial charge on any atom is -0.376 e. The number of hydrogen-bond acceptors (Lipinski definition) is 2. The molecular weight excluding hydrogens is 126 g/mol. The molecule has 3 heteroatoms. The average molecular weight is 140 g/mol. The summed E-state index contributed by atoms with van der Waals surface area (Å²) in [5.41, 5.74) is 4.23. The van der Waals surface area contributed by atoms with E-state index in [1.54, 1.807) is 6.92 Å². The van der Waals surface area contributed by atoms with Gasteiger partial charge < -0.3 is 10.8 Å². The monoisotopic (exact) mass is 139 g/mol. The van der Waals surface area contributed by atoms with E-state index in [-0.39, 0.29) is 18.3 Å². The highest BCUT2D eigenvalue weighted by Crippen LogP contribution is 2.06. The smallest absolute Gasteiger partial charge is 0.113 e. The van der Waals surface area contributed by atoms with Gasteiger partial charge >= 0.3 is 0 Å². The molecule has 0 saturated heterocycles. The van der Waals surface area contributed by atoms with Crippen molar-refractivity contribution >= 4 is 12.4 Å². The van der Waals surface area contributed by atoms with Crippen LogP contribution in [0.25, 0.3) is 0 Å². The lowest BCUT2D eigenvalue weighted by Crippen LogP contribution is -2.41. The maximum absolute atomic E-state index is 8.87. The average Bonchev–Trinajstić information content (AvgIpc) is 1.31. The van der Waals surface area contributed by atoms with E-state index in [1.165, 1.54) is 0 Å². The summed E-state index contributed by atoms with van der Waals surface area (Å²) in [4.78, 5) is 0. The molecule has 0 fully saturated rings. The van der Waals surface area contributed by atoms with E-state index in [1.807, 2.05) is 13.8 Å². The second-order valence-electron chi connectivity index (χ2n) is 2.38. The van der Waals surface area contributed by atoms with Crippen molar-refractivity contribution in [3.8, 4) is 0 Å². The Bertz CT molecular complexity index is 57.9. The van der Waals surface area contributed by atoms with Gasteiger partial charge in [0.2, 0.25) is 0 Å². The second-order valence-corrected chi connectivity index (χ2v) is 2.38. The molecular formula is C5H14ClNO. The Morgan fingerprint density at radius 1 is 1.50 bits per heavy atom. The van der Waals surface area contributed by atoms with E-state index in [2.05, 4.69) is 0 Å². The summed E-state index contributed by atoms with van der Waals surface area (Å²) >= 11 is 0. The van der Waals surface area contributed by atoms with Crippen LogP contribution in [-0.4, -0.2) is 10.8 Å². The first kappa shape index (κ1) is 11.1. The lowest BCUT2D eigenvalue weighted by Gasteiger charge is -2.20. The number of hydrogen-bond donors (Lipinski definition) is 2. The minimum atomic E-state index is -1.00. The van der Waals surface area contributed by atoms with Crippen LogP contribution in [0.3, 0.4) is 0 Å². The summed E-state index contributed by atoms with van der Waals surface area (Å²) in [6, 6.07) is 0. The van der Waals surface area contributed by atoms with Crippen molar-refractivity contribution in [2.45, 2.75) is 26.5 Å². The third-order valence-electron chi connectivity index (χ3n) is 1.17. The molecule has 1 atom stereocenters. The maximum atomic E-state index is 8.87. The highest BCUT2D eigenvalue weighted by molar-refractivity contribution is 5.85. The SMILES string of the molecule is CC(C)C(C)(N)O.Cl. The third-order valence-corrected chi connectivity index (χ3v) is 1.17. The Labute approximate surface area is 56.5 Å². The fourth-order valence-electron chi connectivity index (χ4n) is 0. The molecule has 1 unspecified atom stereocenters. The van der Waals surface area contributed by atoms with Crippen LogP contribution in [0.5, 0.6) is 0 Å². The van der Waals surface area contributed by atoms with Crippen molar-refractivity contribution in [2.75, 3.05) is 0 Å². The van der Waals surface area contributed by atoms with Crippen LogP contribution in [0.2, 0.25) is 0 Å². The van der Waals surface area contributed by atoms with E-state index in [0.717, 1.165) is 0 Å². The van der Waals surface area contributed by atoms with Gasteiger partial charge in [-0.2, -0.15) is 0 Å². The number of rotatable bonds is 1. The highest BCUT2D eigenvalue weighted by Gasteiger charge is 2.16. The van der Waals surface area contributed by atoms with Crippen molar-refractivity contribution in [3.05, 3.63) is 0 Å². The molecule has 0 aliphatic carbocycles. The van der Waals surface area contributed by atoms with Crippen LogP contribution in [0.15, 0.2) is 0 Å². The normalized spacial score (nSPS) is 17.2. The predicted octanol–water partition coefficient (Wildman–Crippen LogP) is 0.731. The molecule has 0 aromatic rings. The molecule has 0 rings (SSSR count). The van der Waals surface area contributed by atoms with Gasteiger partial charge in [-0.1, -0.05) is 13.8 Å². The van der Waals surface area contributed by atoms with Gasteiger partial charge in [0.25, 0.3) is 0 Å². The van der Waals surface area contributed by atoms with Crippen LogP contribution in [0, 0.1) is 5.92 Å². The highest BCUT2D eigenvalue weighted by atomic mass is 35.5. The molecule has 0 aromatic carbocycles. The molecule has 0 aliphatic heterocycles. The molecule has 52 valence electrons. The molecule has 0 spiro atoms. The number of halogens is 1. The first-order valence-electron chi connectivity index (χ1n) is 2.46. The molecule has 0 heterocycles. The molecule has 0 radical (unpaired) electrons. The van der Waals surface area contributed by atoms with Crippen LogP contribution < -0.4 is 5.73 Å². The first-order chi connectivity index (χ1) is 2.94. The number of nitrogens with two attached hydrogens (primary N) is 1. The quantitative estimate of drug-likeness (QED) is 0.527. The van der Waals surface area contributed by atoms with Gasteiger partial charge in [0.1, 0.15) is 5.72 Å². The summed E-state index contributed by atoms with van der Waals surface area (Å²) in [7, 11) is 0. The van der Waals surface area contributed by atoms with Crippen LogP contribution in [0.1, 0.15) is 20.8 Å². The summed E-state index contributed by atoms with van der Waals surface area (Å²) < 4.78 is 0. The number of aliphatic hydroxyl groups is 1. The molecule has 0 saturated carbocycles. The molecule has 2 nitrogen and oxygen atoms in total. The standard InChI is InChI=1S/C5H13NO.ClH/c1-4(2)5(3,6)7;/h4,7H,6H2,1-3H3;1H. The fraction of sp³-hybridized carbons (Fsp3) is 1.00. The van der Waals surface area contributed by atoms with Gasteiger partial charge in [0.15, 0.2) is 0 Å². The molecule has 0 aromatic heterocycles. The summed E-state index contributed by atoms with van der Waals surface area (Å²) in [6.07, 6.45) is 0. The van der Waals surface area contributed by atoms with E-state index in [9.17, 15) is 0 Å². The molecule has 8 heavy (non-hydrogen) atoms. The fourth-order valence-corrected chi connectivity index (χ4v) is 0. The van der Waals surface area contributed by atoms with Gasteiger partial charge in [-0.15, -0.1) is 12.4 Å². The lowest BCUT2D eigenvalue weighted by molar-refractivity contribution is 0.0200. The molecule has 0 bridgehead atoms. The maximum Gasteiger partial charge on any atom is 0.113 e. The van der Waals surface area contributed by atoms with Crippen molar-refractivity contribution < 1.29 is 5.11 Å². The van der Waals surface area contributed by atoms with E-state index in [4.69, 9.17) is 10.8 Å². The summed E-state index contributed by atoms with van der Waals surface area (Å²) in [6.45, 7) is 5.34. The Morgan fingerprint density at radius 3 is 1.62 bits per heavy atom. The first-order valence-corrected chi connectivity index (χ1v) is 2.46. The van der Waals surface area contributed by atoms with Crippen molar-refractivity contribution in [2.24, 2.45) is 11.7 Å². The van der Waals surface area contributed by atoms with Gasteiger partial charge in [0, 0.05) is 0 Å². The Kier molecular flexibility index (Phi) is 4.53. The van der Waals surface area contributed by atoms with E-state index < -0.39 is 5.72 Å². The van der Waals surface area contributed by atoms with Crippen molar-refractivity contribution in [3.63, 3.8) is 0 Å². The van der Waals surface area contributed by atoms with E-state index in [0.29, 0.717) is 0 Å². The zero-order chi connectivity index (χ0) is 6.08. The predicted molar refractivity (Wildman–Crippen MR) is 36.9 cm³/mol. The third kappa shape index (κ3) is 4.37.